The third kappa shape index (κ3) is 19.7. The van der Waals surface area contributed by atoms with Gasteiger partial charge in [-0.05, 0) is 25.0 Å². The van der Waals surface area contributed by atoms with Crippen molar-refractivity contribution in [3.8, 4) is 0 Å². The van der Waals surface area contributed by atoms with Crippen LogP contribution in [0.15, 0.2) is 0 Å². The minimum absolute atomic E-state index is 0.0229. The number of hydrogen-bond donors (Lipinski definition) is 2. The van der Waals surface area contributed by atoms with E-state index in [9.17, 15) is 4.79 Å². The fraction of sp³-hybridized carbons (Fsp3) is 0.944. The maximum absolute atomic E-state index is 11.5. The molecule has 0 saturated carbocycles. The Morgan fingerprint density at radius 3 is 2.04 bits per heavy atom. The highest BCUT2D eigenvalue weighted by Crippen LogP contribution is 2.10. The summed E-state index contributed by atoms with van der Waals surface area (Å²) in [6, 6.07) is 0. The van der Waals surface area contributed by atoms with Crippen LogP contribution >= 0.6 is 12.6 Å². The molecule has 5 heteroatoms. The molecule has 0 heterocycles. The molecule has 0 spiro atoms. The van der Waals surface area contributed by atoms with Crippen molar-refractivity contribution in [3.63, 3.8) is 0 Å². The molecule has 0 atom stereocenters. The Bertz CT molecular complexity index is 252. The first-order valence-electron chi connectivity index (χ1n) is 9.40. The van der Waals surface area contributed by atoms with Crippen LogP contribution in [-0.4, -0.2) is 31.5 Å². The van der Waals surface area contributed by atoms with E-state index >= 15 is 0 Å². The molecule has 0 aromatic heterocycles. The third-order valence-corrected chi connectivity index (χ3v) is 4.04. The zero-order valence-corrected chi connectivity index (χ0v) is 15.9. The molecule has 23 heavy (non-hydrogen) atoms. The van der Waals surface area contributed by atoms with Crippen LogP contribution in [-0.2, 0) is 14.4 Å². The molecule has 0 aliphatic carbocycles. The number of hydrogen-bond acceptors (Lipinski definition) is 4. The second kappa shape index (κ2) is 19.8. The van der Waals surface area contributed by atoms with E-state index < -0.39 is 0 Å². The highest BCUT2D eigenvalue weighted by Gasteiger charge is 2.01. The van der Waals surface area contributed by atoms with Gasteiger partial charge in [-0.15, -0.1) is 0 Å². The molecule has 0 aromatic rings. The van der Waals surface area contributed by atoms with Gasteiger partial charge in [0.1, 0.15) is 0 Å². The first kappa shape index (κ1) is 22.7. The summed E-state index contributed by atoms with van der Waals surface area (Å²) in [5.41, 5.74) is 2.48. The molecule has 0 saturated heterocycles. The lowest BCUT2D eigenvalue weighted by Crippen LogP contribution is -2.25. The van der Waals surface area contributed by atoms with Crippen LogP contribution in [0, 0.1) is 0 Å². The minimum Gasteiger partial charge on any atom is -0.379 e. The highest BCUT2D eigenvalue weighted by molar-refractivity contribution is 7.80. The second-order valence-corrected chi connectivity index (χ2v) is 6.44. The van der Waals surface area contributed by atoms with Gasteiger partial charge in [-0.1, -0.05) is 58.3 Å². The van der Waals surface area contributed by atoms with Crippen LogP contribution in [0.1, 0.15) is 84.0 Å². The fourth-order valence-electron chi connectivity index (χ4n) is 2.27. The van der Waals surface area contributed by atoms with Crippen molar-refractivity contribution in [3.05, 3.63) is 0 Å². The quantitative estimate of drug-likeness (QED) is 0.215. The van der Waals surface area contributed by atoms with E-state index in [0.717, 1.165) is 38.0 Å². The first-order valence-corrected chi connectivity index (χ1v) is 10.0. The van der Waals surface area contributed by atoms with Gasteiger partial charge in [-0.3, -0.25) is 9.63 Å². The lowest BCUT2D eigenvalue weighted by molar-refractivity contribution is -0.134. The Morgan fingerprint density at radius 1 is 0.826 bits per heavy atom. The number of rotatable bonds is 18. The summed E-state index contributed by atoms with van der Waals surface area (Å²) >= 11 is 4.21. The van der Waals surface area contributed by atoms with Gasteiger partial charge >= 0.3 is 0 Å². The van der Waals surface area contributed by atoms with E-state index in [1.54, 1.807) is 0 Å². The summed E-state index contributed by atoms with van der Waals surface area (Å²) in [5, 5.41) is 0. The van der Waals surface area contributed by atoms with Gasteiger partial charge in [0.15, 0.2) is 0 Å². The Kier molecular flexibility index (Phi) is 19.6. The molecule has 1 amide bonds. The van der Waals surface area contributed by atoms with Crippen molar-refractivity contribution in [2.24, 2.45) is 0 Å². The maximum Gasteiger partial charge on any atom is 0.243 e. The first-order chi connectivity index (χ1) is 11.3. The van der Waals surface area contributed by atoms with Gasteiger partial charge in [0, 0.05) is 13.0 Å². The Balaban J connectivity index is 3.13. The predicted octanol–water partition coefficient (Wildman–Crippen LogP) is 4.68. The van der Waals surface area contributed by atoms with E-state index in [2.05, 4.69) is 25.0 Å². The summed E-state index contributed by atoms with van der Waals surface area (Å²) in [6.45, 7) is 3.85. The maximum atomic E-state index is 11.5. The zero-order chi connectivity index (χ0) is 17.0. The Hall–Kier alpha value is -0.260. The van der Waals surface area contributed by atoms with Crippen molar-refractivity contribution < 1.29 is 14.4 Å². The second-order valence-electron chi connectivity index (χ2n) is 6.00. The molecule has 0 aliphatic rings. The number of nitrogens with one attached hydrogen (secondary N) is 1. The molecule has 0 radical (unpaired) electrons. The smallest absolute Gasteiger partial charge is 0.243 e. The van der Waals surface area contributed by atoms with Crippen molar-refractivity contribution in [1.82, 2.24) is 5.48 Å². The van der Waals surface area contributed by atoms with E-state index in [1.165, 1.54) is 44.9 Å². The van der Waals surface area contributed by atoms with Crippen molar-refractivity contribution in [1.29, 1.82) is 0 Å². The van der Waals surface area contributed by atoms with E-state index in [1.807, 2.05) is 0 Å². The van der Waals surface area contributed by atoms with Crippen molar-refractivity contribution in [2.75, 3.05) is 25.6 Å². The standard InChI is InChI=1S/C18H37NO3S/c1-2-3-14-21-15-16-22-19-18(20)13-11-9-7-5-4-6-8-10-12-17-23/h23H,2-17H2,1H3,(H,19,20). The van der Waals surface area contributed by atoms with Crippen molar-refractivity contribution >= 4 is 18.5 Å². The number of thiol groups is 1. The average molecular weight is 348 g/mol. The van der Waals surface area contributed by atoms with E-state index in [0.29, 0.717) is 19.6 Å². The number of unbranched alkanes of at least 4 members (excludes halogenated alkanes) is 9. The molecule has 0 rings (SSSR count). The summed E-state index contributed by atoms with van der Waals surface area (Å²) in [6.07, 6.45) is 13.9. The number of carbonyl (C=O) groups is 1. The van der Waals surface area contributed by atoms with E-state index in [4.69, 9.17) is 9.57 Å². The van der Waals surface area contributed by atoms with Crippen LogP contribution in [0.2, 0.25) is 0 Å². The molecule has 1 N–H and O–H groups in total. The van der Waals surface area contributed by atoms with Gasteiger partial charge < -0.3 is 4.74 Å². The molecular formula is C18H37NO3S. The number of amides is 1. The molecule has 4 nitrogen and oxygen atoms in total. The Morgan fingerprint density at radius 2 is 1.43 bits per heavy atom. The fourth-order valence-corrected chi connectivity index (χ4v) is 2.49. The molecule has 0 bridgehead atoms. The predicted molar refractivity (Wildman–Crippen MR) is 99.8 cm³/mol. The lowest BCUT2D eigenvalue weighted by atomic mass is 10.1. The topological polar surface area (TPSA) is 47.6 Å². The van der Waals surface area contributed by atoms with Crippen LogP contribution in [0.3, 0.4) is 0 Å². The number of ether oxygens (including phenoxy) is 1. The molecule has 0 aromatic carbocycles. The molecule has 0 aliphatic heterocycles. The van der Waals surface area contributed by atoms with Gasteiger partial charge in [-0.2, -0.15) is 12.6 Å². The zero-order valence-electron chi connectivity index (χ0n) is 15.0. The normalized spacial score (nSPS) is 10.9. The molecular weight excluding hydrogens is 310 g/mol. The van der Waals surface area contributed by atoms with Crippen molar-refractivity contribution in [2.45, 2.75) is 84.0 Å². The summed E-state index contributed by atoms with van der Waals surface area (Å²) in [5.74, 6) is 0.989. The number of hydroxylamine groups is 1. The lowest BCUT2D eigenvalue weighted by Gasteiger charge is -2.06. The van der Waals surface area contributed by atoms with Gasteiger partial charge in [-0.25, -0.2) is 5.48 Å². The third-order valence-electron chi connectivity index (χ3n) is 3.72. The summed E-state index contributed by atoms with van der Waals surface area (Å²) in [4.78, 5) is 16.6. The van der Waals surface area contributed by atoms with Crippen LogP contribution in [0.5, 0.6) is 0 Å². The summed E-state index contributed by atoms with van der Waals surface area (Å²) in [7, 11) is 0. The van der Waals surface area contributed by atoms with Crippen LogP contribution < -0.4 is 5.48 Å². The molecule has 0 unspecified atom stereocenters. The van der Waals surface area contributed by atoms with Gasteiger partial charge in [0.2, 0.25) is 5.91 Å². The largest absolute Gasteiger partial charge is 0.379 e. The monoisotopic (exact) mass is 347 g/mol. The van der Waals surface area contributed by atoms with Crippen LogP contribution in [0.4, 0.5) is 0 Å². The minimum atomic E-state index is -0.0229. The number of carbonyl (C=O) groups excluding carboxylic acids is 1. The highest BCUT2D eigenvalue weighted by atomic mass is 32.1. The SMILES string of the molecule is CCCCOCCONC(=O)CCCCCCCCCCCS. The summed E-state index contributed by atoms with van der Waals surface area (Å²) < 4.78 is 5.34. The average Bonchev–Trinajstić information content (AvgIpc) is 2.55. The Labute approximate surface area is 148 Å². The van der Waals surface area contributed by atoms with Gasteiger partial charge in [0.25, 0.3) is 0 Å². The van der Waals surface area contributed by atoms with Gasteiger partial charge in [0.05, 0.1) is 13.2 Å². The van der Waals surface area contributed by atoms with Crippen LogP contribution in [0.25, 0.3) is 0 Å². The van der Waals surface area contributed by atoms with E-state index in [-0.39, 0.29) is 5.91 Å². The molecule has 0 fully saturated rings. The molecule has 138 valence electrons.